The molecule has 4 aromatic rings. The van der Waals surface area contributed by atoms with Gasteiger partial charge >= 0.3 is 29.8 Å². The maximum atomic E-state index is 13.6. The van der Waals surface area contributed by atoms with E-state index in [9.17, 15) is 59.7 Å². The summed E-state index contributed by atoms with van der Waals surface area (Å²) in [5.41, 5.74) is 1.80. The van der Waals surface area contributed by atoms with Gasteiger partial charge in [0.05, 0.1) is 7.11 Å². The molecule has 21 heteroatoms. The Morgan fingerprint density at radius 3 is 1.53 bits per heavy atom. The first-order chi connectivity index (χ1) is 34.4. The van der Waals surface area contributed by atoms with Crippen LogP contribution in [0.5, 0.6) is 28.7 Å². The third kappa shape index (κ3) is 14.7. The van der Waals surface area contributed by atoms with Crippen LogP contribution in [0, 0.1) is 0 Å². The number of aromatic hydroxyl groups is 4. The van der Waals surface area contributed by atoms with E-state index in [2.05, 4.69) is 0 Å². The zero-order valence-corrected chi connectivity index (χ0v) is 38.4. The SMILES string of the molecule is COc1cc(/C=C/C(=O)OC[C@H]2O[C@H](O[C@@]3(COC(=O)/C=C/c4ccc(O)cc4)O[C@H](COC(=O)/C=C/c4ccc(O)cc4)[C@@H](O)[C@@H]3OC(=O)/C=C/c3ccc(O)cc3)[C@H](OC(C)=O)[C@@H](O)[C@@H]2O)ccc1O. The van der Waals surface area contributed by atoms with Crippen LogP contribution in [-0.4, -0.2) is 147 Å². The number of carbonyl (C=O) groups excluding carboxylic acids is 5. The molecule has 2 heterocycles. The number of phenols is 4. The van der Waals surface area contributed by atoms with Crippen LogP contribution >= 0.6 is 0 Å². The van der Waals surface area contributed by atoms with E-state index in [1.54, 1.807) is 0 Å². The minimum atomic E-state index is -2.73. The number of hydrogen-bond donors (Lipinski definition) is 7. The molecule has 7 N–H and O–H groups in total. The van der Waals surface area contributed by atoms with E-state index in [-0.39, 0.29) is 28.7 Å². The lowest BCUT2D eigenvalue weighted by Gasteiger charge is -2.44. The minimum Gasteiger partial charge on any atom is -0.508 e. The lowest BCUT2D eigenvalue weighted by molar-refractivity contribution is -0.383. The van der Waals surface area contributed by atoms with Gasteiger partial charge in [-0.15, -0.1) is 0 Å². The normalized spacial score (nSPS) is 24.1. The Morgan fingerprint density at radius 2 is 1.03 bits per heavy atom. The molecule has 6 rings (SSSR count). The van der Waals surface area contributed by atoms with E-state index < -0.39 is 104 Å². The second-order valence-corrected chi connectivity index (χ2v) is 15.9. The summed E-state index contributed by atoms with van der Waals surface area (Å²) < 4.78 is 50.9. The monoisotopic (exact) mass is 998 g/mol. The van der Waals surface area contributed by atoms with E-state index in [0.717, 1.165) is 31.2 Å². The maximum absolute atomic E-state index is 13.6. The molecule has 0 amide bonds. The summed E-state index contributed by atoms with van der Waals surface area (Å²) >= 11 is 0. The van der Waals surface area contributed by atoms with Crippen LogP contribution in [0.2, 0.25) is 0 Å². The Hall–Kier alpha value is -8.05. The van der Waals surface area contributed by atoms with Gasteiger partial charge in [-0.3, -0.25) is 4.79 Å². The fourth-order valence-electron chi connectivity index (χ4n) is 7.06. The Kier molecular flexibility index (Phi) is 18.3. The number of phenolic OH excluding ortho intramolecular Hbond substituents is 4. The van der Waals surface area contributed by atoms with Crippen LogP contribution in [0.15, 0.2) is 115 Å². The molecule has 0 aromatic heterocycles. The molecule has 0 unspecified atom stereocenters. The average Bonchev–Trinajstić information content (AvgIpc) is 3.61. The summed E-state index contributed by atoms with van der Waals surface area (Å²) in [5, 5.41) is 73.4. The van der Waals surface area contributed by atoms with Crippen molar-refractivity contribution in [2.45, 2.75) is 61.7 Å². The minimum absolute atomic E-state index is 0.0158. The van der Waals surface area contributed by atoms with Gasteiger partial charge in [0.15, 0.2) is 23.7 Å². The lowest BCUT2D eigenvalue weighted by Crippen LogP contribution is -2.64. The molecule has 0 radical (unpaired) electrons. The standard InChI is InChI=1S/C51H50O21/c1-29(52)68-48-47(63)45(61)39(26-65-42(58)23-13-33-9-20-37(56)38(25-33)64-2)69-50(48)72-51(28-67-43(59)22-11-31-5-16-35(54)17-6-31)49(70-44(60)24-12-32-7-18-36(55)19-8-32)46(62)40(71-51)27-66-41(57)21-10-30-3-14-34(53)15-4-30/h3-25,39-40,45-50,53-56,61-63H,26-28H2,1-2H3/b21-10+,22-11+,23-13+,24-12+/t39-,40-,45-,46-,47+,48-,49+,50-,51-/m1/s1. The second kappa shape index (κ2) is 24.7. The number of aliphatic hydroxyl groups excluding tert-OH is 3. The summed E-state index contributed by atoms with van der Waals surface area (Å²) in [6.45, 7) is -1.69. The highest BCUT2D eigenvalue weighted by molar-refractivity contribution is 5.89. The van der Waals surface area contributed by atoms with Gasteiger partial charge < -0.3 is 78.4 Å². The van der Waals surface area contributed by atoms with Crippen LogP contribution in [0.3, 0.4) is 0 Å². The Balaban J connectivity index is 1.32. The van der Waals surface area contributed by atoms with Gasteiger partial charge in [0.25, 0.3) is 0 Å². The Bertz CT molecular complexity index is 2640. The highest BCUT2D eigenvalue weighted by atomic mass is 16.8. The summed E-state index contributed by atoms with van der Waals surface area (Å²) in [6.07, 6.45) is -6.22. The van der Waals surface area contributed by atoms with Crippen molar-refractivity contribution in [3.8, 4) is 28.7 Å². The van der Waals surface area contributed by atoms with Gasteiger partial charge in [-0.2, -0.15) is 0 Å². The van der Waals surface area contributed by atoms with Gasteiger partial charge in [-0.05, 0) is 95.1 Å². The molecule has 0 spiro atoms. The summed E-state index contributed by atoms with van der Waals surface area (Å²) in [7, 11) is 1.33. The topological polar surface area (TPSA) is 310 Å². The quantitative estimate of drug-likeness (QED) is 0.0403. The maximum Gasteiger partial charge on any atom is 0.331 e. The molecule has 0 bridgehead atoms. The van der Waals surface area contributed by atoms with Crippen molar-refractivity contribution in [2.75, 3.05) is 26.9 Å². The number of benzene rings is 4. The summed E-state index contributed by atoms with van der Waals surface area (Å²) in [5.74, 6) is -8.06. The molecule has 2 aliphatic heterocycles. The van der Waals surface area contributed by atoms with Crippen LogP contribution in [0.1, 0.15) is 29.2 Å². The highest BCUT2D eigenvalue weighted by Crippen LogP contribution is 2.40. The van der Waals surface area contributed by atoms with Crippen molar-refractivity contribution in [1.82, 2.24) is 0 Å². The van der Waals surface area contributed by atoms with Crippen LogP contribution < -0.4 is 4.74 Å². The first kappa shape index (κ1) is 53.3. The van der Waals surface area contributed by atoms with E-state index in [4.69, 9.17) is 42.6 Å². The molecule has 0 saturated carbocycles. The number of rotatable bonds is 19. The lowest BCUT2D eigenvalue weighted by atomic mass is 9.98. The number of hydrogen-bond acceptors (Lipinski definition) is 21. The summed E-state index contributed by atoms with van der Waals surface area (Å²) in [6, 6.07) is 21.4. The molecule has 21 nitrogen and oxygen atoms in total. The predicted octanol–water partition coefficient (Wildman–Crippen LogP) is 3.06. The van der Waals surface area contributed by atoms with Crippen molar-refractivity contribution in [2.24, 2.45) is 0 Å². The molecule has 4 aromatic carbocycles. The van der Waals surface area contributed by atoms with E-state index in [1.807, 2.05) is 0 Å². The zero-order valence-electron chi connectivity index (χ0n) is 38.4. The first-order valence-electron chi connectivity index (χ1n) is 21.8. The van der Waals surface area contributed by atoms with Crippen molar-refractivity contribution < 1.29 is 102 Å². The van der Waals surface area contributed by atoms with Gasteiger partial charge in [-0.1, -0.05) is 42.5 Å². The first-order valence-corrected chi connectivity index (χ1v) is 21.8. The fourth-order valence-corrected chi connectivity index (χ4v) is 7.06. The second-order valence-electron chi connectivity index (χ2n) is 15.9. The largest absolute Gasteiger partial charge is 0.508 e. The number of methoxy groups -OCH3 is 1. The predicted molar refractivity (Wildman–Crippen MR) is 249 cm³/mol. The summed E-state index contributed by atoms with van der Waals surface area (Å²) in [4.78, 5) is 65.3. The number of esters is 5. The molecule has 380 valence electrons. The van der Waals surface area contributed by atoms with Gasteiger partial charge in [-0.25, -0.2) is 19.2 Å². The van der Waals surface area contributed by atoms with Crippen molar-refractivity contribution >= 4 is 54.2 Å². The zero-order chi connectivity index (χ0) is 52.0. The average molecular weight is 999 g/mol. The van der Waals surface area contributed by atoms with E-state index in [0.29, 0.717) is 22.3 Å². The molecule has 0 aliphatic carbocycles. The molecule has 9 atom stereocenters. The number of ether oxygens (including phenoxy) is 9. The number of aliphatic hydroxyl groups is 3. The molecular weight excluding hydrogens is 949 g/mol. The van der Waals surface area contributed by atoms with Crippen LogP contribution in [-0.2, 0) is 61.9 Å². The van der Waals surface area contributed by atoms with Crippen molar-refractivity contribution in [1.29, 1.82) is 0 Å². The molecular formula is C51H50O21. The fraction of sp³-hybridized carbons (Fsp3) is 0.275. The van der Waals surface area contributed by atoms with Crippen LogP contribution in [0.4, 0.5) is 0 Å². The van der Waals surface area contributed by atoms with Gasteiger partial charge in [0.1, 0.15) is 67.6 Å². The molecule has 2 aliphatic rings. The van der Waals surface area contributed by atoms with Gasteiger partial charge in [0.2, 0.25) is 12.1 Å². The van der Waals surface area contributed by atoms with Crippen molar-refractivity contribution in [3.63, 3.8) is 0 Å². The van der Waals surface area contributed by atoms with E-state index >= 15 is 0 Å². The smallest absolute Gasteiger partial charge is 0.331 e. The third-order valence-electron chi connectivity index (χ3n) is 10.7. The molecule has 72 heavy (non-hydrogen) atoms. The number of carbonyl (C=O) groups is 5. The third-order valence-corrected chi connectivity index (χ3v) is 10.7. The molecule has 2 saturated heterocycles. The van der Waals surface area contributed by atoms with Crippen LogP contribution in [0.25, 0.3) is 24.3 Å². The van der Waals surface area contributed by atoms with E-state index in [1.165, 1.54) is 122 Å². The molecule has 2 fully saturated rings. The van der Waals surface area contributed by atoms with Gasteiger partial charge in [0, 0.05) is 31.2 Å². The Labute approximate surface area is 410 Å². The Morgan fingerprint density at radius 1 is 0.569 bits per heavy atom. The van der Waals surface area contributed by atoms with Crippen molar-refractivity contribution in [3.05, 3.63) is 138 Å². The highest BCUT2D eigenvalue weighted by Gasteiger charge is 2.62.